The van der Waals surface area contributed by atoms with Crippen molar-refractivity contribution in [1.82, 2.24) is 19.6 Å². The first-order valence-corrected chi connectivity index (χ1v) is 7.12. The lowest BCUT2D eigenvalue weighted by Crippen LogP contribution is -2.36. The Labute approximate surface area is 117 Å². The van der Waals surface area contributed by atoms with Gasteiger partial charge in [0, 0.05) is 19.2 Å². The molecule has 1 aliphatic rings. The van der Waals surface area contributed by atoms with Gasteiger partial charge in [0.25, 0.3) is 5.78 Å². The van der Waals surface area contributed by atoms with E-state index in [0.717, 1.165) is 11.7 Å². The normalized spacial score (nSPS) is 23.7. The molecule has 0 bridgehead atoms. The number of aromatic nitrogens is 4. The second-order valence-electron chi connectivity index (χ2n) is 5.45. The maximum atomic E-state index is 6.07. The molecular formula is C13H18ClN5. The van der Waals surface area contributed by atoms with Gasteiger partial charge in [0.2, 0.25) is 0 Å². The highest BCUT2D eigenvalue weighted by Gasteiger charge is 2.24. The maximum Gasteiger partial charge on any atom is 0.255 e. The fourth-order valence-corrected chi connectivity index (χ4v) is 3.13. The highest BCUT2D eigenvalue weighted by Crippen LogP contribution is 2.30. The third kappa shape index (κ3) is 2.39. The van der Waals surface area contributed by atoms with Gasteiger partial charge in [0.1, 0.15) is 17.3 Å². The van der Waals surface area contributed by atoms with E-state index in [1.165, 1.54) is 32.0 Å². The van der Waals surface area contributed by atoms with Gasteiger partial charge < -0.3 is 4.90 Å². The molecule has 0 amide bonds. The topological polar surface area (TPSA) is 46.3 Å². The molecular weight excluding hydrogens is 262 g/mol. The van der Waals surface area contributed by atoms with Crippen molar-refractivity contribution in [3.8, 4) is 0 Å². The quantitative estimate of drug-likeness (QED) is 0.793. The van der Waals surface area contributed by atoms with E-state index in [0.29, 0.717) is 17.0 Å². The van der Waals surface area contributed by atoms with Crippen molar-refractivity contribution in [3.05, 3.63) is 17.5 Å². The average Bonchev–Trinajstić information content (AvgIpc) is 2.85. The van der Waals surface area contributed by atoms with Gasteiger partial charge in [-0.15, -0.1) is 0 Å². The number of nitrogens with zero attached hydrogens (tertiary/aromatic N) is 5. The SMILES string of the molecule is CC1CCCC(N(C)c2cc(Cl)nc3ncnn23)C1. The van der Waals surface area contributed by atoms with Crippen LogP contribution >= 0.6 is 11.6 Å². The maximum absolute atomic E-state index is 6.07. The van der Waals surface area contributed by atoms with Crippen molar-refractivity contribution in [2.45, 2.75) is 38.6 Å². The van der Waals surface area contributed by atoms with E-state index in [-0.39, 0.29) is 0 Å². The van der Waals surface area contributed by atoms with E-state index in [1.54, 1.807) is 4.52 Å². The molecule has 2 aromatic rings. The summed E-state index contributed by atoms with van der Waals surface area (Å²) < 4.78 is 1.76. The van der Waals surface area contributed by atoms with Crippen LogP contribution in [0, 0.1) is 5.92 Å². The number of hydrogen-bond acceptors (Lipinski definition) is 4. The van der Waals surface area contributed by atoms with Gasteiger partial charge in [-0.25, -0.2) is 0 Å². The Hall–Kier alpha value is -1.36. The van der Waals surface area contributed by atoms with E-state index in [9.17, 15) is 0 Å². The third-order valence-corrected chi connectivity index (χ3v) is 4.21. The van der Waals surface area contributed by atoms with Crippen LogP contribution in [-0.4, -0.2) is 32.7 Å². The van der Waals surface area contributed by atoms with Crippen LogP contribution < -0.4 is 4.90 Å². The van der Waals surface area contributed by atoms with Crippen LogP contribution in [0.15, 0.2) is 12.4 Å². The summed E-state index contributed by atoms with van der Waals surface area (Å²) in [6.45, 7) is 2.32. The molecule has 0 spiro atoms. The molecule has 5 nitrogen and oxygen atoms in total. The molecule has 0 aliphatic heterocycles. The van der Waals surface area contributed by atoms with Crippen molar-refractivity contribution in [1.29, 1.82) is 0 Å². The fourth-order valence-electron chi connectivity index (χ4n) is 2.96. The van der Waals surface area contributed by atoms with Crippen molar-refractivity contribution in [2.75, 3.05) is 11.9 Å². The standard InChI is InChI=1S/C13H18ClN5/c1-9-4-3-5-10(6-9)18(2)12-7-11(14)17-13-15-8-16-19(12)13/h7-10H,3-6H2,1-2H3. The molecule has 2 aromatic heterocycles. The van der Waals surface area contributed by atoms with Crippen molar-refractivity contribution in [2.24, 2.45) is 5.92 Å². The summed E-state index contributed by atoms with van der Waals surface area (Å²) in [6.07, 6.45) is 6.57. The smallest absolute Gasteiger partial charge is 0.255 e. The number of anilines is 1. The summed E-state index contributed by atoms with van der Waals surface area (Å²) in [4.78, 5) is 10.5. The monoisotopic (exact) mass is 279 g/mol. The first-order valence-electron chi connectivity index (χ1n) is 6.74. The second kappa shape index (κ2) is 4.96. The van der Waals surface area contributed by atoms with Crippen LogP contribution in [0.4, 0.5) is 5.82 Å². The van der Waals surface area contributed by atoms with Crippen molar-refractivity contribution in [3.63, 3.8) is 0 Å². The van der Waals surface area contributed by atoms with Crippen LogP contribution in [0.3, 0.4) is 0 Å². The average molecular weight is 280 g/mol. The van der Waals surface area contributed by atoms with Gasteiger partial charge in [-0.3, -0.25) is 0 Å². The minimum absolute atomic E-state index is 0.464. The van der Waals surface area contributed by atoms with Crippen LogP contribution in [0.5, 0.6) is 0 Å². The molecule has 102 valence electrons. The lowest BCUT2D eigenvalue weighted by atomic mass is 9.86. The number of fused-ring (bicyclic) bond motifs is 1. The molecule has 0 saturated heterocycles. The Balaban J connectivity index is 1.96. The molecule has 1 aliphatic carbocycles. The molecule has 2 heterocycles. The lowest BCUT2D eigenvalue weighted by molar-refractivity contribution is 0.335. The zero-order valence-electron chi connectivity index (χ0n) is 11.3. The van der Waals surface area contributed by atoms with Gasteiger partial charge in [-0.05, 0) is 18.8 Å². The summed E-state index contributed by atoms with van der Waals surface area (Å²) in [6, 6.07) is 2.40. The van der Waals surface area contributed by atoms with E-state index >= 15 is 0 Å². The number of halogens is 1. The first-order chi connectivity index (χ1) is 9.15. The summed E-state index contributed by atoms with van der Waals surface area (Å²) in [7, 11) is 2.11. The zero-order chi connectivity index (χ0) is 13.4. The molecule has 3 rings (SSSR count). The van der Waals surface area contributed by atoms with Crippen molar-refractivity contribution >= 4 is 23.2 Å². The minimum Gasteiger partial charge on any atom is -0.356 e. The van der Waals surface area contributed by atoms with Crippen LogP contribution in [0.1, 0.15) is 32.6 Å². The van der Waals surface area contributed by atoms with Gasteiger partial charge in [-0.2, -0.15) is 19.6 Å². The van der Waals surface area contributed by atoms with Gasteiger partial charge in [-0.1, -0.05) is 31.4 Å². The summed E-state index contributed by atoms with van der Waals surface area (Å²) in [5.74, 6) is 2.30. The Morgan fingerprint density at radius 1 is 1.42 bits per heavy atom. The van der Waals surface area contributed by atoms with Gasteiger partial charge in [0.15, 0.2) is 0 Å². The molecule has 2 atom stereocenters. The zero-order valence-corrected chi connectivity index (χ0v) is 12.0. The summed E-state index contributed by atoms with van der Waals surface area (Å²) in [5.41, 5.74) is 0. The second-order valence-corrected chi connectivity index (χ2v) is 5.83. The number of hydrogen-bond donors (Lipinski definition) is 0. The molecule has 0 N–H and O–H groups in total. The minimum atomic E-state index is 0.464. The molecule has 2 unspecified atom stereocenters. The van der Waals surface area contributed by atoms with Crippen molar-refractivity contribution < 1.29 is 0 Å². The first kappa shape index (κ1) is 12.7. The Bertz CT molecular complexity index is 581. The summed E-state index contributed by atoms with van der Waals surface area (Å²) in [5, 5.41) is 4.70. The van der Waals surface area contributed by atoms with E-state index in [1.807, 2.05) is 6.07 Å². The molecule has 6 heteroatoms. The molecule has 0 aromatic carbocycles. The molecule has 1 fully saturated rings. The van der Waals surface area contributed by atoms with E-state index in [2.05, 4.69) is 33.9 Å². The van der Waals surface area contributed by atoms with Crippen LogP contribution in [0.25, 0.3) is 5.78 Å². The van der Waals surface area contributed by atoms with Crippen LogP contribution in [-0.2, 0) is 0 Å². The molecule has 19 heavy (non-hydrogen) atoms. The third-order valence-electron chi connectivity index (χ3n) is 4.02. The number of rotatable bonds is 2. The van der Waals surface area contributed by atoms with Gasteiger partial charge in [0.05, 0.1) is 0 Å². The highest BCUT2D eigenvalue weighted by atomic mass is 35.5. The predicted octanol–water partition coefficient (Wildman–Crippen LogP) is 2.79. The lowest BCUT2D eigenvalue weighted by Gasteiger charge is -2.35. The fraction of sp³-hybridized carbons (Fsp3) is 0.615. The molecule has 1 saturated carbocycles. The largest absolute Gasteiger partial charge is 0.356 e. The Morgan fingerprint density at radius 2 is 2.26 bits per heavy atom. The highest BCUT2D eigenvalue weighted by molar-refractivity contribution is 6.29. The van der Waals surface area contributed by atoms with E-state index in [4.69, 9.17) is 11.6 Å². The summed E-state index contributed by atoms with van der Waals surface area (Å²) >= 11 is 6.07. The van der Waals surface area contributed by atoms with E-state index < -0.39 is 0 Å². The van der Waals surface area contributed by atoms with Crippen LogP contribution in [0.2, 0.25) is 5.15 Å². The predicted molar refractivity (Wildman–Crippen MR) is 75.6 cm³/mol. The van der Waals surface area contributed by atoms with Gasteiger partial charge >= 0.3 is 0 Å². The Kier molecular flexibility index (Phi) is 3.31. The Morgan fingerprint density at radius 3 is 3.05 bits per heavy atom. The molecule has 0 radical (unpaired) electrons.